The minimum absolute atomic E-state index is 0.316. The van der Waals surface area contributed by atoms with E-state index in [9.17, 15) is 5.11 Å². The largest absolute Gasteiger partial charge is 0.396 e. The predicted octanol–water partition coefficient (Wildman–Crippen LogP) is 5.72. The maximum Gasteiger partial charge on any atom is 0.0619 e. The molecule has 1 heterocycles. The minimum Gasteiger partial charge on any atom is -0.396 e. The lowest BCUT2D eigenvalue weighted by Gasteiger charge is -2.63. The Balaban J connectivity index is 1.39. The Morgan fingerprint density at radius 3 is 2.65 bits per heavy atom. The molecule has 0 aromatic rings. The number of ether oxygens (including phenoxy) is 1. The van der Waals surface area contributed by atoms with E-state index in [4.69, 9.17) is 4.74 Å². The zero-order chi connectivity index (χ0) is 22.0. The number of rotatable bonds is 5. The van der Waals surface area contributed by atoms with Crippen LogP contribution < -0.4 is 5.32 Å². The summed E-state index contributed by atoms with van der Waals surface area (Å²) in [5.41, 5.74) is 3.05. The molecule has 31 heavy (non-hydrogen) atoms. The third-order valence-corrected chi connectivity index (χ3v) is 11.6. The fourth-order valence-corrected chi connectivity index (χ4v) is 10.0. The van der Waals surface area contributed by atoms with Crippen LogP contribution in [-0.4, -0.2) is 37.0 Å². The van der Waals surface area contributed by atoms with Crippen LogP contribution in [0.4, 0.5) is 0 Å². The van der Waals surface area contributed by atoms with Crippen LogP contribution in [0.15, 0.2) is 11.6 Å². The second-order valence-electron chi connectivity index (χ2n) is 12.8. The predicted molar refractivity (Wildman–Crippen MR) is 127 cm³/mol. The average Bonchev–Trinajstić information content (AvgIpc) is 3.22. The lowest BCUT2D eigenvalue weighted by molar-refractivity contribution is -0.112. The molecule has 3 nitrogen and oxygen atoms in total. The molecule has 1 saturated heterocycles. The lowest BCUT2D eigenvalue weighted by atomic mass is 9.41. The zero-order valence-corrected chi connectivity index (χ0v) is 20.8. The summed E-state index contributed by atoms with van der Waals surface area (Å²) < 4.78 is 6.78. The van der Waals surface area contributed by atoms with Gasteiger partial charge in [-0.15, -0.1) is 0 Å². The van der Waals surface area contributed by atoms with Gasteiger partial charge in [0.25, 0.3) is 0 Å². The fraction of sp³-hybridized carbons (Fsp3) is 0.929. The lowest BCUT2D eigenvalue weighted by Crippen LogP contribution is -2.56. The van der Waals surface area contributed by atoms with Crippen LogP contribution in [-0.2, 0) is 4.74 Å². The molecule has 4 fully saturated rings. The van der Waals surface area contributed by atoms with E-state index in [2.05, 4.69) is 46.1 Å². The van der Waals surface area contributed by atoms with Gasteiger partial charge in [0.2, 0.25) is 0 Å². The minimum atomic E-state index is 0.316. The van der Waals surface area contributed by atoms with Crippen molar-refractivity contribution >= 4 is 0 Å². The van der Waals surface area contributed by atoms with Gasteiger partial charge < -0.3 is 15.2 Å². The van der Waals surface area contributed by atoms with Gasteiger partial charge in [0.1, 0.15) is 0 Å². The van der Waals surface area contributed by atoms with Crippen LogP contribution in [0, 0.1) is 39.9 Å². The van der Waals surface area contributed by atoms with Crippen LogP contribution in [0.1, 0.15) is 91.9 Å². The number of nitrogens with one attached hydrogen (secondary N) is 1. The molecule has 2 N–H and O–H groups in total. The third kappa shape index (κ3) is 3.16. The molecule has 176 valence electrons. The van der Waals surface area contributed by atoms with Crippen molar-refractivity contribution in [3.8, 4) is 0 Å². The summed E-state index contributed by atoms with van der Waals surface area (Å²) in [5, 5.41) is 12.7. The van der Waals surface area contributed by atoms with Gasteiger partial charge in [-0.05, 0) is 111 Å². The van der Waals surface area contributed by atoms with Gasteiger partial charge >= 0.3 is 0 Å². The Morgan fingerprint density at radius 2 is 1.90 bits per heavy atom. The topological polar surface area (TPSA) is 41.5 Å². The summed E-state index contributed by atoms with van der Waals surface area (Å²) in [6.45, 7) is 10.8. The zero-order valence-electron chi connectivity index (χ0n) is 20.8. The number of allylic oxidation sites excluding steroid dienone is 1. The Morgan fingerprint density at radius 1 is 1.10 bits per heavy atom. The van der Waals surface area contributed by atoms with E-state index in [1.807, 2.05) is 0 Å². The Bertz CT molecular complexity index is 720. The molecule has 4 aliphatic carbocycles. The third-order valence-electron chi connectivity index (χ3n) is 11.6. The Labute approximate surface area is 190 Å². The highest BCUT2D eigenvalue weighted by Gasteiger charge is 2.68. The highest BCUT2D eigenvalue weighted by atomic mass is 16.5. The normalized spacial score (nSPS) is 53.4. The van der Waals surface area contributed by atoms with E-state index in [0.717, 1.165) is 37.0 Å². The molecule has 10 atom stereocenters. The maximum absolute atomic E-state index is 9.18. The molecular weight excluding hydrogens is 382 g/mol. The fourth-order valence-electron chi connectivity index (χ4n) is 10.0. The number of hydrogen-bond donors (Lipinski definition) is 2. The first-order chi connectivity index (χ1) is 14.8. The summed E-state index contributed by atoms with van der Waals surface area (Å²) in [6, 6.07) is 0.681. The van der Waals surface area contributed by atoms with Gasteiger partial charge in [-0.1, -0.05) is 39.3 Å². The van der Waals surface area contributed by atoms with Crippen molar-refractivity contribution in [1.82, 2.24) is 5.32 Å². The SMILES string of the molecule is CN[C@H]1CC[C@@]2(C)C(=CC[C@@]3(C)C4CC5O[C@H](CCCCO)[C@@H](C)C5[C@@]4(C)CCC32)C1. The highest BCUT2D eigenvalue weighted by Crippen LogP contribution is 2.73. The Hall–Kier alpha value is -0.380. The number of aliphatic hydroxyl groups excluding tert-OH is 1. The molecule has 3 heteroatoms. The van der Waals surface area contributed by atoms with Crippen molar-refractivity contribution in [2.75, 3.05) is 13.7 Å². The second-order valence-corrected chi connectivity index (χ2v) is 12.8. The molecule has 5 rings (SSSR count). The van der Waals surface area contributed by atoms with Crippen LogP contribution in [0.2, 0.25) is 0 Å². The molecule has 0 aromatic carbocycles. The highest BCUT2D eigenvalue weighted by molar-refractivity contribution is 5.29. The molecule has 3 saturated carbocycles. The molecular formula is C28H47NO2. The molecule has 0 aromatic heterocycles. The van der Waals surface area contributed by atoms with Crippen molar-refractivity contribution in [3.63, 3.8) is 0 Å². The molecule has 1 aliphatic heterocycles. The van der Waals surface area contributed by atoms with Crippen LogP contribution in [0.3, 0.4) is 0 Å². The summed E-state index contributed by atoms with van der Waals surface area (Å²) in [4.78, 5) is 0. The first-order valence-corrected chi connectivity index (χ1v) is 13.4. The number of unbranched alkanes of at least 4 members (excludes halogenated alkanes) is 1. The smallest absolute Gasteiger partial charge is 0.0619 e. The molecule has 5 aliphatic rings. The monoisotopic (exact) mass is 429 g/mol. The van der Waals surface area contributed by atoms with Crippen LogP contribution in [0.5, 0.6) is 0 Å². The molecule has 0 radical (unpaired) electrons. The maximum atomic E-state index is 9.18. The van der Waals surface area contributed by atoms with Gasteiger partial charge in [-0.3, -0.25) is 0 Å². The van der Waals surface area contributed by atoms with E-state index in [0.29, 0.717) is 47.0 Å². The quantitative estimate of drug-likeness (QED) is 0.434. The van der Waals surface area contributed by atoms with E-state index in [1.54, 1.807) is 5.57 Å². The van der Waals surface area contributed by atoms with Crippen LogP contribution in [0.25, 0.3) is 0 Å². The molecule has 0 amide bonds. The van der Waals surface area contributed by atoms with Gasteiger partial charge in [0, 0.05) is 12.6 Å². The van der Waals surface area contributed by atoms with E-state index >= 15 is 0 Å². The van der Waals surface area contributed by atoms with Crippen molar-refractivity contribution in [2.45, 2.75) is 110 Å². The second kappa shape index (κ2) is 7.84. The van der Waals surface area contributed by atoms with Gasteiger partial charge in [-0.25, -0.2) is 0 Å². The first-order valence-electron chi connectivity index (χ1n) is 13.4. The van der Waals surface area contributed by atoms with Gasteiger partial charge in [0.15, 0.2) is 0 Å². The van der Waals surface area contributed by atoms with E-state index in [1.165, 1.54) is 44.9 Å². The summed E-state index contributed by atoms with van der Waals surface area (Å²) in [7, 11) is 2.14. The van der Waals surface area contributed by atoms with E-state index in [-0.39, 0.29) is 0 Å². The molecule has 4 unspecified atom stereocenters. The number of aliphatic hydroxyl groups is 1. The van der Waals surface area contributed by atoms with Gasteiger partial charge in [0.05, 0.1) is 12.2 Å². The van der Waals surface area contributed by atoms with E-state index < -0.39 is 0 Å². The standard InChI is InChI=1S/C28H47NO2/c1-18-21(8-6-7-15-30)31-22-17-24-27(3)12-9-19-16-20(29-5)10-13-26(19,2)23(27)11-14-28(24,4)25(18)22/h9,18,20-25,29-30H,6-8,10-17H2,1-5H3/t18-,20+,21-,22?,23?,24?,25?,26+,27-,28+/m1/s1. The number of hydrogen-bond acceptors (Lipinski definition) is 3. The van der Waals surface area contributed by atoms with Crippen molar-refractivity contribution < 1.29 is 9.84 Å². The summed E-state index contributed by atoms with van der Waals surface area (Å²) >= 11 is 0. The van der Waals surface area contributed by atoms with Crippen molar-refractivity contribution in [2.24, 2.45) is 39.9 Å². The average molecular weight is 430 g/mol. The summed E-state index contributed by atoms with van der Waals surface area (Å²) in [5.74, 6) is 3.03. The first kappa shape index (κ1) is 22.4. The van der Waals surface area contributed by atoms with Crippen LogP contribution >= 0.6 is 0 Å². The van der Waals surface area contributed by atoms with Crippen molar-refractivity contribution in [1.29, 1.82) is 0 Å². The van der Waals surface area contributed by atoms with Gasteiger partial charge in [-0.2, -0.15) is 0 Å². The Kier molecular flexibility index (Phi) is 5.67. The molecule has 0 bridgehead atoms. The summed E-state index contributed by atoms with van der Waals surface area (Å²) in [6.07, 6.45) is 16.1. The number of fused-ring (bicyclic) bond motifs is 7. The molecule has 0 spiro atoms. The van der Waals surface area contributed by atoms with Crippen molar-refractivity contribution in [3.05, 3.63) is 11.6 Å².